The van der Waals surface area contributed by atoms with Crippen LogP contribution < -0.4 is 14.8 Å². The highest BCUT2D eigenvalue weighted by Gasteiger charge is 2.28. The molecule has 32 heavy (non-hydrogen) atoms. The van der Waals surface area contributed by atoms with Gasteiger partial charge < -0.3 is 19.5 Å². The first-order valence-electron chi connectivity index (χ1n) is 9.51. The number of carbonyl (C=O) groups is 3. The Bertz CT molecular complexity index is 1090. The van der Waals surface area contributed by atoms with Gasteiger partial charge in [0.05, 0.1) is 4.92 Å². The van der Waals surface area contributed by atoms with E-state index in [4.69, 9.17) is 25.8 Å². The summed E-state index contributed by atoms with van der Waals surface area (Å²) < 4.78 is 15.5. The zero-order chi connectivity index (χ0) is 23.4. The number of halogens is 1. The highest BCUT2D eigenvalue weighted by molar-refractivity contribution is 6.32. The number of Topliss-reactive ketones (excluding diaryl/α,β-unsaturated/α-hetero) is 1. The van der Waals surface area contributed by atoms with Crippen molar-refractivity contribution in [2.75, 3.05) is 13.4 Å². The van der Waals surface area contributed by atoms with Gasteiger partial charge in [-0.25, -0.2) is 4.79 Å². The number of hydrogen-bond acceptors (Lipinski definition) is 8. The van der Waals surface area contributed by atoms with E-state index < -0.39 is 40.9 Å². The molecule has 1 unspecified atom stereocenters. The van der Waals surface area contributed by atoms with Crippen LogP contribution in [0.1, 0.15) is 34.6 Å². The first-order chi connectivity index (χ1) is 15.2. The lowest BCUT2D eigenvalue weighted by Gasteiger charge is -2.20. The largest absolute Gasteiger partial charge is 0.456 e. The molecule has 1 N–H and O–H groups in total. The monoisotopic (exact) mass is 462 g/mol. The molecule has 3 rings (SSSR count). The molecule has 1 amide bonds. The number of ether oxygens (including phenoxy) is 3. The number of fused-ring (bicyclic) bond motifs is 1. The summed E-state index contributed by atoms with van der Waals surface area (Å²) in [6.45, 7) is 2.88. The number of esters is 1. The molecule has 2 aromatic rings. The van der Waals surface area contributed by atoms with Gasteiger partial charge in [-0.2, -0.15) is 0 Å². The molecule has 1 aliphatic rings. The molecule has 2 aromatic carbocycles. The molecule has 0 aromatic heterocycles. The van der Waals surface area contributed by atoms with Crippen LogP contribution >= 0.6 is 11.6 Å². The van der Waals surface area contributed by atoms with Crippen LogP contribution in [0.4, 0.5) is 5.69 Å². The van der Waals surface area contributed by atoms with Crippen LogP contribution in [-0.2, 0) is 9.53 Å². The van der Waals surface area contributed by atoms with Crippen molar-refractivity contribution < 1.29 is 33.5 Å². The normalized spacial score (nSPS) is 12.9. The number of rotatable bonds is 8. The Morgan fingerprint density at radius 2 is 1.81 bits per heavy atom. The molecular weight excluding hydrogens is 444 g/mol. The van der Waals surface area contributed by atoms with Crippen molar-refractivity contribution in [2.45, 2.75) is 19.9 Å². The molecule has 1 aliphatic heterocycles. The highest BCUT2D eigenvalue weighted by Crippen LogP contribution is 2.32. The number of nitro groups is 1. The minimum absolute atomic E-state index is 0.0454. The van der Waals surface area contributed by atoms with Crippen LogP contribution in [0.3, 0.4) is 0 Å². The van der Waals surface area contributed by atoms with Crippen molar-refractivity contribution in [1.82, 2.24) is 5.32 Å². The number of nitro benzene ring substituents is 1. The Hall–Kier alpha value is -3.66. The zero-order valence-electron chi connectivity index (χ0n) is 17.1. The molecule has 0 aliphatic carbocycles. The molecule has 1 heterocycles. The summed E-state index contributed by atoms with van der Waals surface area (Å²) in [6.07, 6.45) is 0. The van der Waals surface area contributed by atoms with Gasteiger partial charge in [0.25, 0.3) is 11.6 Å². The second-order valence-corrected chi connectivity index (χ2v) is 7.62. The number of hydrogen-bond donors (Lipinski definition) is 1. The molecule has 11 heteroatoms. The Morgan fingerprint density at radius 1 is 1.12 bits per heavy atom. The Balaban J connectivity index is 1.64. The molecule has 0 fully saturated rings. The van der Waals surface area contributed by atoms with Crippen LogP contribution in [-0.4, -0.2) is 42.0 Å². The fraction of sp³-hybridized carbons (Fsp3) is 0.286. The number of nitrogens with zero attached hydrogens (tertiary/aromatic N) is 1. The molecule has 0 spiro atoms. The SMILES string of the molecule is CC(C)C(NC(=O)c1ccc(Cl)c([N+](=O)[O-])c1)C(=O)OCC(=O)c1ccc2c(c1)OCO2. The minimum atomic E-state index is -1.08. The van der Waals surface area contributed by atoms with E-state index in [0.29, 0.717) is 11.5 Å². The maximum atomic E-state index is 12.5. The molecule has 1 atom stereocenters. The first kappa shape index (κ1) is 23.0. The van der Waals surface area contributed by atoms with Crippen molar-refractivity contribution in [3.63, 3.8) is 0 Å². The maximum absolute atomic E-state index is 12.5. The third kappa shape index (κ3) is 5.14. The average Bonchev–Trinajstić information content (AvgIpc) is 3.23. The minimum Gasteiger partial charge on any atom is -0.456 e. The number of benzene rings is 2. The predicted octanol–water partition coefficient (Wildman–Crippen LogP) is 3.16. The lowest BCUT2D eigenvalue weighted by molar-refractivity contribution is -0.384. The van der Waals surface area contributed by atoms with Gasteiger partial charge in [-0.3, -0.25) is 19.7 Å². The van der Waals surface area contributed by atoms with E-state index in [2.05, 4.69) is 5.32 Å². The van der Waals surface area contributed by atoms with Gasteiger partial charge in [0.1, 0.15) is 11.1 Å². The van der Waals surface area contributed by atoms with Crippen molar-refractivity contribution >= 4 is 34.9 Å². The summed E-state index contributed by atoms with van der Waals surface area (Å²) >= 11 is 5.76. The van der Waals surface area contributed by atoms with Crippen LogP contribution in [0.5, 0.6) is 11.5 Å². The summed E-state index contributed by atoms with van der Waals surface area (Å²) in [5.41, 5.74) is -0.200. The Morgan fingerprint density at radius 3 is 2.50 bits per heavy atom. The van der Waals surface area contributed by atoms with Gasteiger partial charge in [0, 0.05) is 17.2 Å². The topological polar surface area (TPSA) is 134 Å². The summed E-state index contributed by atoms with van der Waals surface area (Å²) in [7, 11) is 0. The fourth-order valence-electron chi connectivity index (χ4n) is 2.90. The molecular formula is C21H19ClN2O8. The van der Waals surface area contributed by atoms with Gasteiger partial charge in [-0.15, -0.1) is 0 Å². The zero-order valence-corrected chi connectivity index (χ0v) is 17.9. The van der Waals surface area contributed by atoms with Crippen molar-refractivity contribution in [2.24, 2.45) is 5.92 Å². The fourth-order valence-corrected chi connectivity index (χ4v) is 3.08. The molecule has 168 valence electrons. The van der Waals surface area contributed by atoms with Gasteiger partial charge >= 0.3 is 5.97 Å². The highest BCUT2D eigenvalue weighted by atomic mass is 35.5. The van der Waals surface area contributed by atoms with Gasteiger partial charge in [0.2, 0.25) is 6.79 Å². The van der Waals surface area contributed by atoms with E-state index >= 15 is 0 Å². The van der Waals surface area contributed by atoms with Gasteiger partial charge in [-0.1, -0.05) is 25.4 Å². The molecule has 10 nitrogen and oxygen atoms in total. The molecule has 0 saturated heterocycles. The smallest absolute Gasteiger partial charge is 0.329 e. The Kier molecular flexibility index (Phi) is 6.94. The quantitative estimate of drug-likeness (QED) is 0.273. The summed E-state index contributed by atoms with van der Waals surface area (Å²) in [5, 5.41) is 13.4. The standard InChI is InChI=1S/C21H19ClN2O8/c1-11(2)19(23-20(26)13-3-5-14(22)15(7-13)24(28)29)21(27)30-9-16(25)12-4-6-17-18(8-12)32-10-31-17/h3-8,11,19H,9-10H2,1-2H3,(H,23,26). The number of carbonyl (C=O) groups excluding carboxylic acids is 3. The first-order valence-corrected chi connectivity index (χ1v) is 9.89. The van der Waals surface area contributed by atoms with Crippen LogP contribution in [0.15, 0.2) is 36.4 Å². The van der Waals surface area contributed by atoms with Crippen molar-refractivity contribution in [3.05, 3.63) is 62.7 Å². The van der Waals surface area contributed by atoms with Crippen LogP contribution in [0.2, 0.25) is 5.02 Å². The van der Waals surface area contributed by atoms with Gasteiger partial charge in [0.15, 0.2) is 23.9 Å². The van der Waals surface area contributed by atoms with Gasteiger partial charge in [-0.05, 0) is 36.2 Å². The average molecular weight is 463 g/mol. The van der Waals surface area contributed by atoms with E-state index in [1.807, 2.05) is 0 Å². The summed E-state index contributed by atoms with van der Waals surface area (Å²) in [5.74, 6) is -1.43. The van der Waals surface area contributed by atoms with Crippen molar-refractivity contribution in [1.29, 1.82) is 0 Å². The van der Waals surface area contributed by atoms with E-state index in [-0.39, 0.29) is 28.9 Å². The molecule has 0 saturated carbocycles. The Labute approximate surface area is 187 Å². The van der Waals surface area contributed by atoms with E-state index in [0.717, 1.165) is 6.07 Å². The summed E-state index contributed by atoms with van der Waals surface area (Å²) in [4.78, 5) is 47.8. The third-order valence-corrected chi connectivity index (χ3v) is 4.97. The second kappa shape index (κ2) is 9.65. The van der Waals surface area contributed by atoms with E-state index in [9.17, 15) is 24.5 Å². The summed E-state index contributed by atoms with van der Waals surface area (Å²) in [6, 6.07) is 7.06. The van der Waals surface area contributed by atoms with Crippen LogP contribution in [0.25, 0.3) is 0 Å². The van der Waals surface area contributed by atoms with Crippen LogP contribution in [0, 0.1) is 16.0 Å². The third-order valence-electron chi connectivity index (χ3n) is 4.65. The number of ketones is 1. The van der Waals surface area contributed by atoms with E-state index in [1.165, 1.54) is 24.3 Å². The molecule has 0 radical (unpaired) electrons. The number of nitrogens with one attached hydrogen (secondary N) is 1. The number of amides is 1. The lowest BCUT2D eigenvalue weighted by atomic mass is 10.0. The molecule has 0 bridgehead atoms. The maximum Gasteiger partial charge on any atom is 0.329 e. The lowest BCUT2D eigenvalue weighted by Crippen LogP contribution is -2.45. The van der Waals surface area contributed by atoms with Crippen molar-refractivity contribution in [3.8, 4) is 11.5 Å². The second-order valence-electron chi connectivity index (χ2n) is 7.22. The predicted molar refractivity (Wildman–Crippen MR) is 112 cm³/mol. The van der Waals surface area contributed by atoms with E-state index in [1.54, 1.807) is 19.9 Å².